The van der Waals surface area contributed by atoms with Crippen LogP contribution in [0.2, 0.25) is 0 Å². The summed E-state index contributed by atoms with van der Waals surface area (Å²) in [5.74, 6) is 0.190. The molecule has 13 heavy (non-hydrogen) atoms. The lowest BCUT2D eigenvalue weighted by Crippen LogP contribution is -1.97. The first-order valence-electron chi connectivity index (χ1n) is 3.84. The maximum atomic E-state index is 9.67. The minimum Gasteiger partial charge on any atom is -0.506 e. The maximum Gasteiger partial charge on any atom is 0.138 e. The Bertz CT molecular complexity index is 310. The van der Waals surface area contributed by atoms with Gasteiger partial charge in [-0.2, -0.15) is 0 Å². The van der Waals surface area contributed by atoms with E-state index in [-0.39, 0.29) is 5.75 Å². The molecule has 1 rings (SSSR count). The average Bonchev–Trinajstić information content (AvgIpc) is 2.15. The summed E-state index contributed by atoms with van der Waals surface area (Å²) in [7, 11) is 0. The van der Waals surface area contributed by atoms with Crippen molar-refractivity contribution in [1.82, 2.24) is 0 Å². The zero-order valence-corrected chi connectivity index (χ0v) is 6.97. The fraction of sp³-hybridized carbons (Fsp3) is 0.111. The molecule has 0 amide bonds. The van der Waals surface area contributed by atoms with Crippen molar-refractivity contribution in [2.45, 2.75) is 0 Å². The molecule has 0 aliphatic rings. The Morgan fingerprint density at radius 1 is 1.46 bits per heavy atom. The van der Waals surface area contributed by atoms with Gasteiger partial charge in [0.15, 0.2) is 0 Å². The molecule has 0 aliphatic heterocycles. The molecule has 0 fully saturated rings. The number of hydrogen-bond donors (Lipinski definition) is 2. The number of para-hydroxylation sites is 2. The molecule has 0 aromatic heterocycles. The van der Waals surface area contributed by atoms with E-state index < -0.39 is 0 Å². The molecular weight excluding hydrogens is 168 g/mol. The van der Waals surface area contributed by atoms with Gasteiger partial charge in [-0.15, -0.1) is 4.91 Å². The van der Waals surface area contributed by atoms with Crippen molar-refractivity contribution in [3.63, 3.8) is 0 Å². The summed E-state index contributed by atoms with van der Waals surface area (Å²) in [6, 6.07) is 6.88. The van der Waals surface area contributed by atoms with Crippen LogP contribution in [-0.2, 0) is 0 Å². The third kappa shape index (κ3) is 2.94. The summed E-state index contributed by atoms with van der Waals surface area (Å²) in [6.07, 6.45) is 2.73. The van der Waals surface area contributed by atoms with E-state index in [2.05, 4.69) is 10.5 Å². The summed E-state index contributed by atoms with van der Waals surface area (Å²) in [6.45, 7) is 0.462. The van der Waals surface area contributed by atoms with Gasteiger partial charge in [0.2, 0.25) is 0 Å². The molecule has 0 aliphatic carbocycles. The normalized spacial score (nSPS) is 10.2. The number of hydrogen-bond acceptors (Lipinski definition) is 4. The van der Waals surface area contributed by atoms with Crippen LogP contribution in [0.1, 0.15) is 0 Å². The van der Waals surface area contributed by atoms with Crippen molar-refractivity contribution in [1.29, 1.82) is 0 Å². The molecule has 0 heterocycles. The van der Waals surface area contributed by atoms with Gasteiger partial charge in [0.1, 0.15) is 5.75 Å². The van der Waals surface area contributed by atoms with E-state index >= 15 is 0 Å². The molecule has 0 bridgehead atoms. The molecule has 4 nitrogen and oxygen atoms in total. The topological polar surface area (TPSA) is 61.7 Å². The molecule has 2 N–H and O–H groups in total. The van der Waals surface area contributed by atoms with Crippen LogP contribution in [0.5, 0.6) is 5.75 Å². The first-order valence-corrected chi connectivity index (χ1v) is 3.84. The summed E-state index contributed by atoms with van der Waals surface area (Å²) in [4.78, 5) is 9.67. The highest BCUT2D eigenvalue weighted by Gasteiger charge is 1.94. The minimum atomic E-state index is 0.190. The number of benzene rings is 1. The molecular formula is C9H10N2O2. The molecule has 68 valence electrons. The average molecular weight is 178 g/mol. The quantitative estimate of drug-likeness (QED) is 0.548. The van der Waals surface area contributed by atoms with Crippen LogP contribution in [0.3, 0.4) is 0 Å². The largest absolute Gasteiger partial charge is 0.506 e. The lowest BCUT2D eigenvalue weighted by molar-refractivity contribution is 0.477. The van der Waals surface area contributed by atoms with Gasteiger partial charge in [-0.05, 0) is 23.4 Å². The van der Waals surface area contributed by atoms with E-state index in [1.54, 1.807) is 24.3 Å². The third-order valence-electron chi connectivity index (χ3n) is 1.48. The predicted molar refractivity (Wildman–Crippen MR) is 51.5 cm³/mol. The van der Waals surface area contributed by atoms with E-state index in [0.29, 0.717) is 12.2 Å². The van der Waals surface area contributed by atoms with E-state index in [9.17, 15) is 10.0 Å². The summed E-state index contributed by atoms with van der Waals surface area (Å²) in [5.41, 5.74) is 0.637. The number of nitrogens with zero attached hydrogens (tertiary/aromatic N) is 1. The number of nitrogens with one attached hydrogen (secondary N) is 1. The second-order valence-corrected chi connectivity index (χ2v) is 2.39. The Hall–Kier alpha value is -1.84. The number of nitroso groups, excluding NO2 is 1. The number of aromatic hydroxyl groups is 1. The molecule has 0 saturated carbocycles. The van der Waals surface area contributed by atoms with Crippen LogP contribution >= 0.6 is 0 Å². The van der Waals surface area contributed by atoms with Gasteiger partial charge >= 0.3 is 0 Å². The van der Waals surface area contributed by atoms with Crippen LogP contribution in [0, 0.1) is 4.91 Å². The van der Waals surface area contributed by atoms with Crippen molar-refractivity contribution >= 4 is 5.69 Å². The van der Waals surface area contributed by atoms with Gasteiger partial charge in [0.05, 0.1) is 11.9 Å². The Balaban J connectivity index is 2.49. The highest BCUT2D eigenvalue weighted by Crippen LogP contribution is 2.20. The fourth-order valence-electron chi connectivity index (χ4n) is 0.888. The van der Waals surface area contributed by atoms with E-state index in [1.807, 2.05) is 6.07 Å². The fourth-order valence-corrected chi connectivity index (χ4v) is 0.888. The van der Waals surface area contributed by atoms with E-state index in [0.717, 1.165) is 6.20 Å². The molecule has 0 unspecified atom stereocenters. The van der Waals surface area contributed by atoms with Crippen LogP contribution < -0.4 is 5.32 Å². The van der Waals surface area contributed by atoms with Crippen molar-refractivity contribution in [3.8, 4) is 5.75 Å². The molecule has 0 atom stereocenters. The number of rotatable bonds is 4. The van der Waals surface area contributed by atoms with Gasteiger partial charge in [0.25, 0.3) is 0 Å². The lowest BCUT2D eigenvalue weighted by Gasteiger charge is -2.04. The Morgan fingerprint density at radius 3 is 2.92 bits per heavy atom. The van der Waals surface area contributed by atoms with Crippen molar-refractivity contribution in [3.05, 3.63) is 41.4 Å². The van der Waals surface area contributed by atoms with Gasteiger partial charge in [0, 0.05) is 6.54 Å². The van der Waals surface area contributed by atoms with Gasteiger partial charge in [-0.25, -0.2) is 0 Å². The lowest BCUT2D eigenvalue weighted by atomic mass is 10.3. The SMILES string of the molecule is O=NC=CCNc1ccccc1O. The zero-order chi connectivity index (χ0) is 9.52. The molecule has 1 aromatic rings. The van der Waals surface area contributed by atoms with Gasteiger partial charge < -0.3 is 10.4 Å². The molecule has 0 saturated heterocycles. The van der Waals surface area contributed by atoms with Crippen LogP contribution in [0.15, 0.2) is 41.7 Å². The smallest absolute Gasteiger partial charge is 0.138 e. The number of phenols is 1. The highest BCUT2D eigenvalue weighted by atomic mass is 16.3. The Kier molecular flexibility index (Phi) is 3.50. The van der Waals surface area contributed by atoms with Crippen molar-refractivity contribution in [2.24, 2.45) is 5.18 Å². The summed E-state index contributed by atoms with van der Waals surface area (Å²) < 4.78 is 0. The predicted octanol–water partition coefficient (Wildman–Crippen LogP) is 2.08. The molecule has 1 aromatic carbocycles. The van der Waals surface area contributed by atoms with Crippen molar-refractivity contribution < 1.29 is 5.11 Å². The summed E-state index contributed by atoms with van der Waals surface area (Å²) >= 11 is 0. The first-order chi connectivity index (χ1) is 6.34. The first kappa shape index (κ1) is 9.25. The van der Waals surface area contributed by atoms with E-state index in [1.165, 1.54) is 0 Å². The number of anilines is 1. The maximum absolute atomic E-state index is 9.67. The third-order valence-corrected chi connectivity index (χ3v) is 1.48. The molecule has 0 radical (unpaired) electrons. The standard InChI is InChI=1S/C9H10N2O2/c12-9-5-2-1-4-8(9)10-6-3-7-11-13/h1-5,7,10,12H,6H2. The van der Waals surface area contributed by atoms with E-state index in [4.69, 9.17) is 0 Å². The van der Waals surface area contributed by atoms with Crippen LogP contribution in [0.25, 0.3) is 0 Å². The van der Waals surface area contributed by atoms with Crippen LogP contribution in [-0.4, -0.2) is 11.7 Å². The van der Waals surface area contributed by atoms with Crippen molar-refractivity contribution in [2.75, 3.05) is 11.9 Å². The second-order valence-electron chi connectivity index (χ2n) is 2.39. The van der Waals surface area contributed by atoms with Crippen LogP contribution in [0.4, 0.5) is 5.69 Å². The molecule has 4 heteroatoms. The Morgan fingerprint density at radius 2 is 2.23 bits per heavy atom. The minimum absolute atomic E-state index is 0.190. The second kappa shape index (κ2) is 4.92. The zero-order valence-electron chi connectivity index (χ0n) is 6.97. The summed E-state index contributed by atoms with van der Waals surface area (Å²) in [5, 5.41) is 14.8. The number of phenolic OH excluding ortho intramolecular Hbond substituents is 1. The monoisotopic (exact) mass is 178 g/mol. The molecule has 0 spiro atoms. The van der Waals surface area contributed by atoms with Gasteiger partial charge in [-0.1, -0.05) is 12.1 Å². The highest BCUT2D eigenvalue weighted by molar-refractivity contribution is 5.55. The Labute approximate surface area is 75.9 Å². The van der Waals surface area contributed by atoms with Gasteiger partial charge in [-0.3, -0.25) is 0 Å².